The Hall–Kier alpha value is -1.67. The van der Waals surface area contributed by atoms with Crippen molar-refractivity contribution in [2.75, 3.05) is 33.5 Å². The van der Waals surface area contributed by atoms with Gasteiger partial charge in [-0.15, -0.1) is 0 Å². The Morgan fingerprint density at radius 3 is 2.47 bits per heavy atom. The molecule has 0 fully saturated rings. The number of esters is 1. The molecule has 0 spiro atoms. The van der Waals surface area contributed by atoms with Crippen molar-refractivity contribution in [1.82, 2.24) is 5.32 Å². The maximum Gasteiger partial charge on any atom is 0.308 e. The molecule has 8 heteroatoms. The standard InChI is InChI=1S/C11H20N2O6/c1-3-19-10(15)6-8(11(12)16)13-9(14)7-18-5-4-17-2/h8H,3-7H2,1-2H3,(H2,12,16)(H,13,14)/t8-/m1/s1. The van der Waals surface area contributed by atoms with Gasteiger partial charge in [-0.3, -0.25) is 14.4 Å². The van der Waals surface area contributed by atoms with Crippen LogP contribution in [0.5, 0.6) is 0 Å². The summed E-state index contributed by atoms with van der Waals surface area (Å²) in [6.45, 7) is 2.20. The van der Waals surface area contributed by atoms with Crippen molar-refractivity contribution in [1.29, 1.82) is 0 Å². The van der Waals surface area contributed by atoms with E-state index in [2.05, 4.69) is 10.1 Å². The van der Waals surface area contributed by atoms with Gasteiger partial charge < -0.3 is 25.3 Å². The summed E-state index contributed by atoms with van der Waals surface area (Å²) in [4.78, 5) is 33.7. The van der Waals surface area contributed by atoms with Crippen LogP contribution in [0.1, 0.15) is 13.3 Å². The van der Waals surface area contributed by atoms with Gasteiger partial charge in [-0.25, -0.2) is 0 Å². The zero-order valence-corrected chi connectivity index (χ0v) is 11.1. The first kappa shape index (κ1) is 17.3. The highest BCUT2D eigenvalue weighted by Gasteiger charge is 2.22. The molecule has 2 amide bonds. The van der Waals surface area contributed by atoms with Gasteiger partial charge in [0.15, 0.2) is 0 Å². The molecule has 0 aromatic rings. The molecular weight excluding hydrogens is 256 g/mol. The van der Waals surface area contributed by atoms with Crippen molar-refractivity contribution in [2.45, 2.75) is 19.4 Å². The van der Waals surface area contributed by atoms with Gasteiger partial charge >= 0.3 is 5.97 Å². The first-order valence-corrected chi connectivity index (χ1v) is 5.82. The van der Waals surface area contributed by atoms with Crippen LogP contribution < -0.4 is 11.1 Å². The molecule has 110 valence electrons. The summed E-state index contributed by atoms with van der Waals surface area (Å²) in [7, 11) is 1.51. The molecule has 19 heavy (non-hydrogen) atoms. The van der Waals surface area contributed by atoms with E-state index in [4.69, 9.17) is 15.2 Å². The number of amides is 2. The summed E-state index contributed by atoms with van der Waals surface area (Å²) in [6.07, 6.45) is -0.299. The molecule has 0 unspecified atom stereocenters. The van der Waals surface area contributed by atoms with Crippen molar-refractivity contribution in [3.63, 3.8) is 0 Å². The average molecular weight is 276 g/mol. The Labute approximate surface area is 111 Å². The number of primary amides is 1. The predicted octanol–water partition coefficient (Wildman–Crippen LogP) is -1.43. The Morgan fingerprint density at radius 2 is 1.95 bits per heavy atom. The highest BCUT2D eigenvalue weighted by atomic mass is 16.5. The van der Waals surface area contributed by atoms with E-state index in [1.165, 1.54) is 7.11 Å². The molecule has 0 aromatic carbocycles. The topological polar surface area (TPSA) is 117 Å². The van der Waals surface area contributed by atoms with E-state index >= 15 is 0 Å². The lowest BCUT2D eigenvalue weighted by molar-refractivity contribution is -0.145. The molecule has 1 atom stereocenters. The second-order valence-electron chi connectivity index (χ2n) is 3.58. The number of nitrogens with one attached hydrogen (secondary N) is 1. The van der Waals surface area contributed by atoms with Crippen LogP contribution in [0.4, 0.5) is 0 Å². The summed E-state index contributed by atoms with van der Waals surface area (Å²) in [5.74, 6) is -1.95. The molecule has 0 rings (SSSR count). The molecule has 0 aromatic heterocycles. The number of ether oxygens (including phenoxy) is 3. The highest BCUT2D eigenvalue weighted by molar-refractivity contribution is 5.90. The Kier molecular flexibility index (Phi) is 9.37. The summed E-state index contributed by atoms with van der Waals surface area (Å²) in [5, 5.41) is 2.30. The second kappa shape index (κ2) is 10.3. The first-order valence-electron chi connectivity index (χ1n) is 5.82. The number of carbonyl (C=O) groups excluding carboxylic acids is 3. The van der Waals surface area contributed by atoms with Crippen LogP contribution in [0.2, 0.25) is 0 Å². The van der Waals surface area contributed by atoms with E-state index < -0.39 is 23.8 Å². The monoisotopic (exact) mass is 276 g/mol. The summed E-state index contributed by atoms with van der Waals surface area (Å²) in [5.41, 5.74) is 5.08. The molecular formula is C11H20N2O6. The number of carbonyl (C=O) groups is 3. The normalized spacial score (nSPS) is 11.7. The third-order valence-electron chi connectivity index (χ3n) is 2.02. The number of rotatable bonds is 10. The minimum absolute atomic E-state index is 0.193. The van der Waals surface area contributed by atoms with E-state index in [0.29, 0.717) is 6.61 Å². The smallest absolute Gasteiger partial charge is 0.308 e. The van der Waals surface area contributed by atoms with Crippen LogP contribution in [0.3, 0.4) is 0 Å². The van der Waals surface area contributed by atoms with E-state index in [1.807, 2.05) is 0 Å². The average Bonchev–Trinajstić information content (AvgIpc) is 2.34. The van der Waals surface area contributed by atoms with Crippen molar-refractivity contribution in [3.05, 3.63) is 0 Å². The zero-order chi connectivity index (χ0) is 14.7. The molecule has 0 radical (unpaired) electrons. The van der Waals surface area contributed by atoms with Gasteiger partial charge in [-0.1, -0.05) is 0 Å². The van der Waals surface area contributed by atoms with Crippen molar-refractivity contribution >= 4 is 17.8 Å². The molecule has 3 N–H and O–H groups in total. The fourth-order valence-corrected chi connectivity index (χ4v) is 1.15. The molecule has 0 saturated carbocycles. The summed E-state index contributed by atoms with van der Waals surface area (Å²) < 4.78 is 14.4. The van der Waals surface area contributed by atoms with Crippen LogP contribution >= 0.6 is 0 Å². The molecule has 0 aliphatic heterocycles. The largest absolute Gasteiger partial charge is 0.466 e. The third kappa shape index (κ3) is 8.97. The second-order valence-corrected chi connectivity index (χ2v) is 3.58. The number of hydrogen-bond acceptors (Lipinski definition) is 6. The predicted molar refractivity (Wildman–Crippen MR) is 65.1 cm³/mol. The molecule has 8 nitrogen and oxygen atoms in total. The van der Waals surface area contributed by atoms with Gasteiger partial charge in [-0.05, 0) is 6.92 Å². The first-order chi connectivity index (χ1) is 9.01. The van der Waals surface area contributed by atoms with Crippen LogP contribution in [0, 0.1) is 0 Å². The fourth-order valence-electron chi connectivity index (χ4n) is 1.15. The minimum atomic E-state index is -1.10. The lowest BCUT2D eigenvalue weighted by atomic mass is 10.2. The van der Waals surface area contributed by atoms with Crippen molar-refractivity contribution in [2.24, 2.45) is 5.73 Å². The van der Waals surface area contributed by atoms with E-state index in [1.54, 1.807) is 6.92 Å². The van der Waals surface area contributed by atoms with Gasteiger partial charge in [0.05, 0.1) is 26.2 Å². The molecule has 0 heterocycles. The van der Waals surface area contributed by atoms with Crippen LogP contribution in [-0.4, -0.2) is 57.4 Å². The van der Waals surface area contributed by atoms with Gasteiger partial charge in [0.25, 0.3) is 0 Å². The minimum Gasteiger partial charge on any atom is -0.466 e. The number of methoxy groups -OCH3 is 1. The van der Waals surface area contributed by atoms with E-state index in [-0.39, 0.29) is 26.2 Å². The Balaban J connectivity index is 4.08. The maximum absolute atomic E-state index is 11.4. The number of hydrogen-bond donors (Lipinski definition) is 2. The SMILES string of the molecule is CCOC(=O)C[C@@H](NC(=O)COCCOC)C(N)=O. The van der Waals surface area contributed by atoms with Crippen molar-refractivity contribution in [3.8, 4) is 0 Å². The molecule has 0 aliphatic rings. The fraction of sp³-hybridized carbons (Fsp3) is 0.727. The lowest BCUT2D eigenvalue weighted by Crippen LogP contribution is -2.47. The van der Waals surface area contributed by atoms with E-state index in [0.717, 1.165) is 0 Å². The Morgan fingerprint density at radius 1 is 1.26 bits per heavy atom. The van der Waals surface area contributed by atoms with Gasteiger partial charge in [0.1, 0.15) is 12.6 Å². The summed E-state index contributed by atoms with van der Waals surface area (Å²) in [6, 6.07) is -1.10. The number of nitrogens with two attached hydrogens (primary N) is 1. The van der Waals surface area contributed by atoms with Crippen LogP contribution in [0.15, 0.2) is 0 Å². The van der Waals surface area contributed by atoms with E-state index in [9.17, 15) is 14.4 Å². The lowest BCUT2D eigenvalue weighted by Gasteiger charge is -2.14. The van der Waals surface area contributed by atoms with Crippen LogP contribution in [-0.2, 0) is 28.6 Å². The van der Waals surface area contributed by atoms with Crippen LogP contribution in [0.25, 0.3) is 0 Å². The zero-order valence-electron chi connectivity index (χ0n) is 11.1. The van der Waals surface area contributed by atoms with Gasteiger partial charge in [-0.2, -0.15) is 0 Å². The quantitative estimate of drug-likeness (QED) is 0.373. The maximum atomic E-state index is 11.4. The molecule has 0 bridgehead atoms. The molecule has 0 aliphatic carbocycles. The van der Waals surface area contributed by atoms with Crippen molar-refractivity contribution < 1.29 is 28.6 Å². The molecule has 0 saturated heterocycles. The third-order valence-corrected chi connectivity index (χ3v) is 2.02. The van der Waals surface area contributed by atoms with Gasteiger partial charge in [0.2, 0.25) is 11.8 Å². The highest BCUT2D eigenvalue weighted by Crippen LogP contribution is 1.95. The van der Waals surface area contributed by atoms with Gasteiger partial charge in [0, 0.05) is 7.11 Å². The summed E-state index contributed by atoms with van der Waals surface area (Å²) >= 11 is 0. The Bertz CT molecular complexity index is 308.